The number of hydrogen-bond acceptors (Lipinski definition) is 3. The van der Waals surface area contributed by atoms with Crippen LogP contribution in [0.2, 0.25) is 0 Å². The van der Waals surface area contributed by atoms with E-state index in [1.807, 2.05) is 6.92 Å². The number of rotatable bonds is 3. The van der Waals surface area contributed by atoms with Gasteiger partial charge in [0.2, 0.25) is 0 Å². The number of hydrogen-bond donors (Lipinski definition) is 1. The molecule has 2 rings (SSSR count). The minimum absolute atomic E-state index is 0.0792. The molecule has 1 aromatic carbocycles. The molecule has 1 saturated heterocycles. The fourth-order valence-electron chi connectivity index (χ4n) is 2.82. The number of ketones is 1. The fraction of sp³-hybridized carbons (Fsp3) is 0.471. The van der Waals surface area contributed by atoms with Gasteiger partial charge in [-0.15, -0.1) is 0 Å². The first-order valence-corrected chi connectivity index (χ1v) is 7.76. The highest BCUT2D eigenvalue weighted by molar-refractivity contribution is 6.39. The molecule has 1 aliphatic heterocycles. The van der Waals surface area contributed by atoms with Gasteiger partial charge in [-0.05, 0) is 44.7 Å². The zero-order chi connectivity index (χ0) is 16.1. The van der Waals surface area contributed by atoms with Crippen LogP contribution in [0.3, 0.4) is 0 Å². The van der Waals surface area contributed by atoms with Gasteiger partial charge in [0.1, 0.15) is 0 Å². The molecule has 0 radical (unpaired) electrons. The molecular formula is C17H22N2O3. The van der Waals surface area contributed by atoms with E-state index >= 15 is 0 Å². The Kier molecular flexibility index (Phi) is 5.31. The van der Waals surface area contributed by atoms with E-state index in [-0.39, 0.29) is 11.8 Å². The maximum Gasteiger partial charge on any atom is 0.313 e. The number of carbonyl (C=O) groups excluding carboxylic acids is 3. The summed E-state index contributed by atoms with van der Waals surface area (Å²) < 4.78 is 0. The quantitative estimate of drug-likeness (QED) is 0.689. The molecule has 2 amide bonds. The Morgan fingerprint density at radius 2 is 2.05 bits per heavy atom. The predicted octanol–water partition coefficient (Wildman–Crippen LogP) is 2.62. The summed E-state index contributed by atoms with van der Waals surface area (Å²) in [5.74, 6) is -1.20. The Morgan fingerprint density at radius 3 is 2.73 bits per heavy atom. The summed E-state index contributed by atoms with van der Waals surface area (Å²) in [6, 6.07) is 6.77. The van der Waals surface area contributed by atoms with Crippen molar-refractivity contribution >= 4 is 23.3 Å². The number of anilines is 1. The van der Waals surface area contributed by atoms with Crippen LogP contribution in [0, 0.1) is 0 Å². The third kappa shape index (κ3) is 3.72. The number of piperidine rings is 1. The SMILES string of the molecule is CCC1CCCCN1C(=O)C(=O)Nc1cccc(C(C)=O)c1. The Bertz CT molecular complexity index is 583. The molecule has 0 aromatic heterocycles. The highest BCUT2D eigenvalue weighted by atomic mass is 16.2. The number of Topliss-reactive ketones (excluding diaryl/α,β-unsaturated/α-hetero) is 1. The second-order valence-electron chi connectivity index (χ2n) is 5.65. The molecule has 0 bridgehead atoms. The van der Waals surface area contributed by atoms with Crippen molar-refractivity contribution in [2.45, 2.75) is 45.6 Å². The summed E-state index contributed by atoms with van der Waals surface area (Å²) in [6.45, 7) is 4.13. The van der Waals surface area contributed by atoms with E-state index in [0.29, 0.717) is 17.8 Å². The number of likely N-dealkylation sites (tertiary alicyclic amines) is 1. The molecule has 5 heteroatoms. The van der Waals surface area contributed by atoms with Crippen LogP contribution in [0.1, 0.15) is 49.9 Å². The van der Waals surface area contributed by atoms with Gasteiger partial charge in [0.05, 0.1) is 0 Å². The van der Waals surface area contributed by atoms with Crippen molar-refractivity contribution < 1.29 is 14.4 Å². The summed E-state index contributed by atoms with van der Waals surface area (Å²) in [5.41, 5.74) is 0.978. The maximum atomic E-state index is 12.3. The van der Waals surface area contributed by atoms with E-state index in [4.69, 9.17) is 0 Å². The van der Waals surface area contributed by atoms with Crippen LogP contribution in [0.4, 0.5) is 5.69 Å². The van der Waals surface area contributed by atoms with Crippen molar-refractivity contribution in [3.05, 3.63) is 29.8 Å². The summed E-state index contributed by atoms with van der Waals surface area (Å²) in [7, 11) is 0. The van der Waals surface area contributed by atoms with Gasteiger partial charge in [-0.1, -0.05) is 19.1 Å². The van der Waals surface area contributed by atoms with Gasteiger partial charge in [-0.2, -0.15) is 0 Å². The number of benzene rings is 1. The van der Waals surface area contributed by atoms with Gasteiger partial charge in [-0.3, -0.25) is 14.4 Å². The summed E-state index contributed by atoms with van der Waals surface area (Å²) in [4.78, 5) is 37.5. The first kappa shape index (κ1) is 16.2. The second-order valence-corrected chi connectivity index (χ2v) is 5.65. The smallest absolute Gasteiger partial charge is 0.313 e. The number of amides is 2. The van der Waals surface area contributed by atoms with Crippen LogP contribution in [0.25, 0.3) is 0 Å². The molecule has 5 nitrogen and oxygen atoms in total. The van der Waals surface area contributed by atoms with Crippen LogP contribution in [-0.4, -0.2) is 35.1 Å². The lowest BCUT2D eigenvalue weighted by Crippen LogP contribution is -2.48. The van der Waals surface area contributed by atoms with Gasteiger partial charge >= 0.3 is 11.8 Å². The van der Waals surface area contributed by atoms with E-state index < -0.39 is 11.8 Å². The van der Waals surface area contributed by atoms with E-state index in [1.165, 1.54) is 6.92 Å². The number of carbonyl (C=O) groups is 3. The minimum Gasteiger partial charge on any atom is -0.331 e. The van der Waals surface area contributed by atoms with Crippen LogP contribution >= 0.6 is 0 Å². The Hall–Kier alpha value is -2.17. The van der Waals surface area contributed by atoms with Crippen LogP contribution in [-0.2, 0) is 9.59 Å². The van der Waals surface area contributed by atoms with E-state index in [9.17, 15) is 14.4 Å². The van der Waals surface area contributed by atoms with Crippen molar-refractivity contribution in [3.63, 3.8) is 0 Å². The Morgan fingerprint density at radius 1 is 1.27 bits per heavy atom. The topological polar surface area (TPSA) is 66.5 Å². The van der Waals surface area contributed by atoms with Crippen LogP contribution < -0.4 is 5.32 Å². The van der Waals surface area contributed by atoms with Gasteiger partial charge in [0, 0.05) is 23.8 Å². The third-order valence-electron chi connectivity index (χ3n) is 4.08. The van der Waals surface area contributed by atoms with E-state index in [1.54, 1.807) is 29.2 Å². The zero-order valence-electron chi connectivity index (χ0n) is 13.1. The lowest BCUT2D eigenvalue weighted by Gasteiger charge is -2.34. The normalized spacial score (nSPS) is 17.9. The molecular weight excluding hydrogens is 280 g/mol. The van der Waals surface area contributed by atoms with Crippen molar-refractivity contribution in [3.8, 4) is 0 Å². The summed E-state index contributed by atoms with van der Waals surface area (Å²) >= 11 is 0. The molecule has 1 aromatic rings. The van der Waals surface area contributed by atoms with Gasteiger partial charge < -0.3 is 10.2 Å². The zero-order valence-corrected chi connectivity index (χ0v) is 13.1. The largest absolute Gasteiger partial charge is 0.331 e. The summed E-state index contributed by atoms with van der Waals surface area (Å²) in [6.07, 6.45) is 3.86. The van der Waals surface area contributed by atoms with Crippen molar-refractivity contribution in [1.29, 1.82) is 0 Å². The third-order valence-corrected chi connectivity index (χ3v) is 4.08. The average Bonchev–Trinajstić information content (AvgIpc) is 2.54. The average molecular weight is 302 g/mol. The minimum atomic E-state index is -0.638. The Labute approximate surface area is 130 Å². The molecule has 1 N–H and O–H groups in total. The standard InChI is InChI=1S/C17H22N2O3/c1-3-15-9-4-5-10-19(15)17(22)16(21)18-14-8-6-7-13(11-14)12(2)20/h6-8,11,15H,3-5,9-10H2,1-2H3,(H,18,21). The molecule has 1 aliphatic rings. The first-order chi connectivity index (χ1) is 10.5. The molecule has 0 spiro atoms. The number of nitrogens with one attached hydrogen (secondary N) is 1. The highest BCUT2D eigenvalue weighted by Gasteiger charge is 2.29. The molecule has 0 aliphatic carbocycles. The highest BCUT2D eigenvalue weighted by Crippen LogP contribution is 2.20. The van der Waals surface area contributed by atoms with Crippen molar-refractivity contribution in [2.75, 3.05) is 11.9 Å². The van der Waals surface area contributed by atoms with Crippen molar-refractivity contribution in [1.82, 2.24) is 4.90 Å². The maximum absolute atomic E-state index is 12.3. The molecule has 1 fully saturated rings. The molecule has 1 atom stereocenters. The lowest BCUT2D eigenvalue weighted by molar-refractivity contribution is -0.145. The molecule has 1 unspecified atom stereocenters. The van der Waals surface area contributed by atoms with Crippen LogP contribution in [0.15, 0.2) is 24.3 Å². The fourth-order valence-corrected chi connectivity index (χ4v) is 2.82. The number of nitrogens with zero attached hydrogens (tertiary/aromatic N) is 1. The van der Waals surface area contributed by atoms with Crippen molar-refractivity contribution in [2.24, 2.45) is 0 Å². The monoisotopic (exact) mass is 302 g/mol. The predicted molar refractivity (Wildman–Crippen MR) is 84.7 cm³/mol. The molecule has 22 heavy (non-hydrogen) atoms. The van der Waals surface area contributed by atoms with Gasteiger partial charge in [-0.25, -0.2) is 0 Å². The lowest BCUT2D eigenvalue weighted by atomic mass is 10.00. The van der Waals surface area contributed by atoms with Gasteiger partial charge in [0.25, 0.3) is 0 Å². The molecule has 1 heterocycles. The van der Waals surface area contributed by atoms with E-state index in [0.717, 1.165) is 25.7 Å². The Balaban J connectivity index is 2.06. The molecule has 0 saturated carbocycles. The second kappa shape index (κ2) is 7.20. The van der Waals surface area contributed by atoms with E-state index in [2.05, 4.69) is 5.32 Å². The molecule has 118 valence electrons. The summed E-state index contributed by atoms with van der Waals surface area (Å²) in [5, 5.41) is 2.60. The van der Waals surface area contributed by atoms with Crippen LogP contribution in [0.5, 0.6) is 0 Å². The van der Waals surface area contributed by atoms with Gasteiger partial charge in [0.15, 0.2) is 5.78 Å². The first-order valence-electron chi connectivity index (χ1n) is 7.76.